The largest absolute Gasteiger partial charge is 0.493 e. The van der Waals surface area contributed by atoms with Crippen molar-refractivity contribution in [2.75, 3.05) is 14.2 Å². The van der Waals surface area contributed by atoms with Crippen LogP contribution < -0.4 is 9.47 Å². The molecule has 1 aromatic rings. The number of halogens is 3. The van der Waals surface area contributed by atoms with Gasteiger partial charge in [0.1, 0.15) is 0 Å². The molecule has 0 bridgehead atoms. The lowest BCUT2D eigenvalue weighted by atomic mass is 9.80. The van der Waals surface area contributed by atoms with E-state index in [1.165, 1.54) is 32.4 Å². The maximum atomic E-state index is 13.7. The number of aliphatic hydroxyl groups is 1. The zero-order valence-corrected chi connectivity index (χ0v) is 14.3. The number of ether oxygens (including phenoxy) is 2. The van der Waals surface area contributed by atoms with Gasteiger partial charge in [0, 0.05) is 11.3 Å². The molecule has 1 amide bonds. The SMILES string of the molecule is COc1ccc(C(=O)N2N=C3CCCCC3C2(O)C(F)(F)F)cc1OC. The minimum Gasteiger partial charge on any atom is -0.493 e. The number of hydrogen-bond donors (Lipinski definition) is 1. The molecule has 1 N–H and O–H groups in total. The molecule has 2 unspecified atom stereocenters. The Morgan fingerprint density at radius 3 is 2.58 bits per heavy atom. The molecular formula is C17H19F3N2O4. The van der Waals surface area contributed by atoms with Gasteiger partial charge in [-0.05, 0) is 37.5 Å². The van der Waals surface area contributed by atoms with Crippen molar-refractivity contribution in [1.82, 2.24) is 5.01 Å². The number of amides is 1. The lowest BCUT2D eigenvalue weighted by molar-refractivity contribution is -0.312. The van der Waals surface area contributed by atoms with E-state index in [0.29, 0.717) is 25.0 Å². The lowest BCUT2D eigenvalue weighted by Crippen LogP contribution is -2.61. The fourth-order valence-corrected chi connectivity index (χ4v) is 3.51. The number of alkyl halides is 3. The van der Waals surface area contributed by atoms with Gasteiger partial charge in [-0.15, -0.1) is 0 Å². The van der Waals surface area contributed by atoms with Gasteiger partial charge in [0.2, 0.25) is 0 Å². The molecule has 0 saturated heterocycles. The third kappa shape index (κ3) is 2.70. The van der Waals surface area contributed by atoms with Gasteiger partial charge in [-0.3, -0.25) is 4.79 Å². The third-order valence-electron chi connectivity index (χ3n) is 4.86. The monoisotopic (exact) mass is 372 g/mol. The molecule has 2 atom stereocenters. The van der Waals surface area contributed by atoms with Crippen molar-refractivity contribution < 1.29 is 32.5 Å². The minimum absolute atomic E-state index is 0.0895. The first kappa shape index (κ1) is 18.5. The quantitative estimate of drug-likeness (QED) is 0.886. The molecule has 142 valence electrons. The van der Waals surface area contributed by atoms with Gasteiger partial charge in [0.05, 0.1) is 20.1 Å². The fraction of sp³-hybridized carbons (Fsp3) is 0.529. The number of rotatable bonds is 3. The van der Waals surface area contributed by atoms with Gasteiger partial charge >= 0.3 is 6.18 Å². The summed E-state index contributed by atoms with van der Waals surface area (Å²) in [6, 6.07) is 3.98. The molecule has 0 radical (unpaired) electrons. The molecule has 1 aliphatic carbocycles. The zero-order valence-electron chi connectivity index (χ0n) is 14.3. The summed E-state index contributed by atoms with van der Waals surface area (Å²) in [6.45, 7) is 0. The van der Waals surface area contributed by atoms with Gasteiger partial charge < -0.3 is 14.6 Å². The summed E-state index contributed by atoms with van der Waals surface area (Å²) in [5, 5.41) is 14.6. The van der Waals surface area contributed by atoms with Gasteiger partial charge in [-0.25, -0.2) is 0 Å². The molecule has 3 rings (SSSR count). The van der Waals surface area contributed by atoms with Crippen LogP contribution in [0.2, 0.25) is 0 Å². The molecular weight excluding hydrogens is 353 g/mol. The van der Waals surface area contributed by atoms with E-state index in [-0.39, 0.29) is 28.5 Å². The van der Waals surface area contributed by atoms with E-state index in [9.17, 15) is 23.1 Å². The Hall–Kier alpha value is -2.29. The van der Waals surface area contributed by atoms with Crippen LogP contribution in [0.1, 0.15) is 36.0 Å². The standard InChI is InChI=1S/C17H19F3N2O4/c1-25-13-8-7-10(9-14(13)26-2)15(23)22-16(24,17(18,19)20)11-5-3-4-6-12(11)21-22/h7-9,11,24H,3-6H2,1-2H3. The normalized spacial score (nSPS) is 25.5. The fourth-order valence-electron chi connectivity index (χ4n) is 3.51. The van der Waals surface area contributed by atoms with Crippen LogP contribution in [0.5, 0.6) is 11.5 Å². The third-order valence-corrected chi connectivity index (χ3v) is 4.86. The second-order valence-corrected chi connectivity index (χ2v) is 6.30. The van der Waals surface area contributed by atoms with Gasteiger partial charge in [-0.1, -0.05) is 6.42 Å². The van der Waals surface area contributed by atoms with Gasteiger partial charge in [0.25, 0.3) is 11.6 Å². The number of hydrazone groups is 1. The van der Waals surface area contributed by atoms with E-state index in [0.717, 1.165) is 0 Å². The molecule has 9 heteroatoms. The first-order valence-electron chi connectivity index (χ1n) is 8.17. The number of fused-ring (bicyclic) bond motifs is 1. The Kier molecular flexibility index (Phi) is 4.60. The molecule has 0 aromatic heterocycles. The summed E-state index contributed by atoms with van der Waals surface area (Å²) in [4.78, 5) is 12.8. The van der Waals surface area contributed by atoms with Crippen LogP contribution in [0.15, 0.2) is 23.3 Å². The Balaban J connectivity index is 2.03. The van der Waals surface area contributed by atoms with Crippen LogP contribution in [0.4, 0.5) is 13.2 Å². The van der Waals surface area contributed by atoms with Crippen molar-refractivity contribution in [1.29, 1.82) is 0 Å². The first-order chi connectivity index (χ1) is 12.2. The molecule has 2 aliphatic rings. The number of methoxy groups -OCH3 is 2. The average molecular weight is 372 g/mol. The van der Waals surface area contributed by atoms with Gasteiger partial charge in [-0.2, -0.15) is 23.3 Å². The molecule has 1 heterocycles. The summed E-state index contributed by atoms with van der Waals surface area (Å²) < 4.78 is 51.4. The van der Waals surface area contributed by atoms with E-state index in [1.807, 2.05) is 0 Å². The Bertz CT molecular complexity index is 750. The average Bonchev–Trinajstić information content (AvgIpc) is 2.94. The Morgan fingerprint density at radius 1 is 1.27 bits per heavy atom. The van der Waals surface area contributed by atoms with Crippen LogP contribution in [-0.2, 0) is 0 Å². The molecule has 1 saturated carbocycles. The number of nitrogens with zero attached hydrogens (tertiary/aromatic N) is 2. The second-order valence-electron chi connectivity index (χ2n) is 6.30. The van der Waals surface area contributed by atoms with E-state index in [1.54, 1.807) is 0 Å². The molecule has 0 spiro atoms. The lowest BCUT2D eigenvalue weighted by Gasteiger charge is -2.38. The van der Waals surface area contributed by atoms with Crippen molar-refractivity contribution in [3.8, 4) is 11.5 Å². The van der Waals surface area contributed by atoms with Crippen LogP contribution >= 0.6 is 0 Å². The van der Waals surface area contributed by atoms with Crippen molar-refractivity contribution in [2.45, 2.75) is 37.6 Å². The van der Waals surface area contributed by atoms with E-state index in [2.05, 4.69) is 5.10 Å². The Morgan fingerprint density at radius 2 is 1.96 bits per heavy atom. The van der Waals surface area contributed by atoms with Crippen molar-refractivity contribution in [3.63, 3.8) is 0 Å². The summed E-state index contributed by atoms with van der Waals surface area (Å²) in [7, 11) is 2.75. The van der Waals surface area contributed by atoms with Gasteiger partial charge in [0.15, 0.2) is 11.5 Å². The minimum atomic E-state index is -5.04. The van der Waals surface area contributed by atoms with Crippen LogP contribution in [0.3, 0.4) is 0 Å². The van der Waals surface area contributed by atoms with E-state index < -0.39 is 23.7 Å². The van der Waals surface area contributed by atoms with E-state index >= 15 is 0 Å². The molecule has 26 heavy (non-hydrogen) atoms. The van der Waals surface area contributed by atoms with Crippen LogP contribution in [0, 0.1) is 5.92 Å². The Labute approximate surface area is 148 Å². The molecule has 1 aliphatic heterocycles. The summed E-state index contributed by atoms with van der Waals surface area (Å²) in [5.74, 6) is -1.76. The molecule has 1 aromatic carbocycles. The maximum Gasteiger partial charge on any atom is 0.439 e. The number of carbonyl (C=O) groups excluding carboxylic acids is 1. The van der Waals surface area contributed by atoms with Crippen molar-refractivity contribution in [3.05, 3.63) is 23.8 Å². The van der Waals surface area contributed by atoms with Crippen molar-refractivity contribution >= 4 is 11.6 Å². The topological polar surface area (TPSA) is 71.4 Å². The second kappa shape index (κ2) is 6.46. The smallest absolute Gasteiger partial charge is 0.439 e. The van der Waals surface area contributed by atoms with E-state index in [4.69, 9.17) is 9.47 Å². The van der Waals surface area contributed by atoms with Crippen LogP contribution in [-0.4, -0.2) is 47.9 Å². The highest BCUT2D eigenvalue weighted by atomic mass is 19.4. The summed E-state index contributed by atoms with van der Waals surface area (Å²) >= 11 is 0. The summed E-state index contributed by atoms with van der Waals surface area (Å²) in [5.41, 5.74) is -3.22. The predicted octanol–water partition coefficient (Wildman–Crippen LogP) is 2.96. The number of hydrogen-bond acceptors (Lipinski definition) is 5. The zero-order chi connectivity index (χ0) is 19.1. The highest BCUT2D eigenvalue weighted by Crippen LogP contribution is 2.48. The first-order valence-corrected chi connectivity index (χ1v) is 8.17. The highest BCUT2D eigenvalue weighted by molar-refractivity contribution is 5.99. The van der Waals surface area contributed by atoms with Crippen molar-refractivity contribution in [2.24, 2.45) is 11.0 Å². The molecule has 6 nitrogen and oxygen atoms in total. The highest BCUT2D eigenvalue weighted by Gasteiger charge is 2.68. The summed E-state index contributed by atoms with van der Waals surface area (Å²) in [6.07, 6.45) is -3.35. The number of benzene rings is 1. The molecule has 1 fully saturated rings. The van der Waals surface area contributed by atoms with Crippen LogP contribution in [0.25, 0.3) is 0 Å². The maximum absolute atomic E-state index is 13.7. The number of carbonyl (C=O) groups is 1. The predicted molar refractivity (Wildman–Crippen MR) is 86.1 cm³/mol.